The summed E-state index contributed by atoms with van der Waals surface area (Å²) in [5.74, 6) is 0.0335. The van der Waals surface area contributed by atoms with Gasteiger partial charge in [0.25, 0.3) is 0 Å². The lowest BCUT2D eigenvalue weighted by atomic mass is 9.85. The second-order valence-corrected chi connectivity index (χ2v) is 4.66. The lowest BCUT2D eigenvalue weighted by Crippen LogP contribution is -2.45. The van der Waals surface area contributed by atoms with Crippen molar-refractivity contribution in [3.8, 4) is 0 Å². The van der Waals surface area contributed by atoms with Crippen molar-refractivity contribution in [1.29, 1.82) is 0 Å². The number of hydrogen-bond donors (Lipinski definition) is 2. The lowest BCUT2D eigenvalue weighted by molar-refractivity contribution is -0.125. The molecule has 1 aliphatic carbocycles. The summed E-state index contributed by atoms with van der Waals surface area (Å²) in [6.45, 7) is 4.14. The van der Waals surface area contributed by atoms with E-state index in [-0.39, 0.29) is 11.8 Å². The van der Waals surface area contributed by atoms with Crippen molar-refractivity contribution in [3.63, 3.8) is 0 Å². The lowest BCUT2D eigenvalue weighted by Gasteiger charge is -2.32. The number of hydrogen-bond acceptors (Lipinski definition) is 2. The third kappa shape index (κ3) is 3.29. The van der Waals surface area contributed by atoms with E-state index in [2.05, 4.69) is 5.32 Å². The van der Waals surface area contributed by atoms with Crippen LogP contribution in [0.5, 0.6) is 0 Å². The Morgan fingerprint density at radius 2 is 1.93 bits per heavy atom. The standard InChI is InChI=1S/C11H21NO2/c1-9(2)10(13)12-8-11(14)6-4-3-5-7-11/h9,14H,3-8H2,1-2H3,(H,12,13). The molecule has 14 heavy (non-hydrogen) atoms. The van der Waals surface area contributed by atoms with Crippen LogP contribution in [-0.4, -0.2) is 23.2 Å². The van der Waals surface area contributed by atoms with Crippen molar-refractivity contribution in [1.82, 2.24) is 5.32 Å². The molecule has 3 heteroatoms. The minimum atomic E-state index is -0.636. The molecule has 1 saturated carbocycles. The van der Waals surface area contributed by atoms with E-state index in [4.69, 9.17) is 0 Å². The zero-order valence-electron chi connectivity index (χ0n) is 9.18. The molecular formula is C11H21NO2. The van der Waals surface area contributed by atoms with Gasteiger partial charge in [-0.15, -0.1) is 0 Å². The van der Waals surface area contributed by atoms with Gasteiger partial charge < -0.3 is 10.4 Å². The van der Waals surface area contributed by atoms with Crippen molar-refractivity contribution < 1.29 is 9.90 Å². The number of nitrogens with one attached hydrogen (secondary N) is 1. The Labute approximate surface area is 85.9 Å². The summed E-state index contributed by atoms with van der Waals surface area (Å²) < 4.78 is 0. The van der Waals surface area contributed by atoms with Gasteiger partial charge in [0.2, 0.25) is 5.91 Å². The second kappa shape index (κ2) is 4.78. The van der Waals surface area contributed by atoms with Crippen LogP contribution < -0.4 is 5.32 Å². The van der Waals surface area contributed by atoms with Crippen molar-refractivity contribution in [2.45, 2.75) is 51.6 Å². The van der Waals surface area contributed by atoms with E-state index >= 15 is 0 Å². The van der Waals surface area contributed by atoms with Gasteiger partial charge in [-0.1, -0.05) is 33.1 Å². The van der Waals surface area contributed by atoms with E-state index in [1.54, 1.807) is 0 Å². The summed E-state index contributed by atoms with van der Waals surface area (Å²) in [5.41, 5.74) is -0.636. The van der Waals surface area contributed by atoms with Crippen LogP contribution in [0.3, 0.4) is 0 Å². The van der Waals surface area contributed by atoms with Crippen molar-refractivity contribution in [2.75, 3.05) is 6.54 Å². The molecule has 0 heterocycles. The summed E-state index contributed by atoms with van der Waals surface area (Å²) in [5, 5.41) is 12.9. The van der Waals surface area contributed by atoms with Gasteiger partial charge in [0.15, 0.2) is 0 Å². The predicted molar refractivity (Wildman–Crippen MR) is 55.9 cm³/mol. The molecule has 0 atom stereocenters. The van der Waals surface area contributed by atoms with E-state index in [0.29, 0.717) is 6.54 Å². The highest BCUT2D eigenvalue weighted by atomic mass is 16.3. The zero-order chi connectivity index (χ0) is 10.6. The van der Waals surface area contributed by atoms with Crippen LogP contribution in [0, 0.1) is 5.92 Å². The van der Waals surface area contributed by atoms with E-state index in [1.807, 2.05) is 13.8 Å². The molecule has 0 spiro atoms. The Kier molecular flexibility index (Phi) is 3.93. The third-order valence-electron chi connectivity index (χ3n) is 2.90. The number of rotatable bonds is 3. The summed E-state index contributed by atoms with van der Waals surface area (Å²) in [6, 6.07) is 0. The normalized spacial score (nSPS) is 20.9. The Bertz CT molecular complexity index is 195. The van der Waals surface area contributed by atoms with Gasteiger partial charge in [-0.05, 0) is 12.8 Å². The SMILES string of the molecule is CC(C)C(=O)NCC1(O)CCCCC1. The van der Waals surface area contributed by atoms with Crippen LogP contribution in [0.2, 0.25) is 0 Å². The molecule has 1 aliphatic rings. The van der Waals surface area contributed by atoms with Gasteiger partial charge in [0.1, 0.15) is 0 Å². The maximum Gasteiger partial charge on any atom is 0.222 e. The Hall–Kier alpha value is -0.570. The van der Waals surface area contributed by atoms with Gasteiger partial charge in [0.05, 0.1) is 5.60 Å². The van der Waals surface area contributed by atoms with E-state index in [1.165, 1.54) is 6.42 Å². The maximum atomic E-state index is 11.3. The number of carbonyl (C=O) groups is 1. The first-order chi connectivity index (χ1) is 6.53. The van der Waals surface area contributed by atoms with Crippen LogP contribution in [0.15, 0.2) is 0 Å². The summed E-state index contributed by atoms with van der Waals surface area (Å²) in [7, 11) is 0. The Balaban J connectivity index is 2.32. The van der Waals surface area contributed by atoms with Gasteiger partial charge in [-0.3, -0.25) is 4.79 Å². The zero-order valence-corrected chi connectivity index (χ0v) is 9.18. The van der Waals surface area contributed by atoms with Gasteiger partial charge in [0, 0.05) is 12.5 Å². The minimum absolute atomic E-state index is 0.00203. The molecular weight excluding hydrogens is 178 g/mol. The van der Waals surface area contributed by atoms with E-state index in [9.17, 15) is 9.90 Å². The van der Waals surface area contributed by atoms with E-state index < -0.39 is 5.60 Å². The molecule has 0 aromatic rings. The number of aliphatic hydroxyl groups is 1. The average molecular weight is 199 g/mol. The first-order valence-corrected chi connectivity index (χ1v) is 5.54. The topological polar surface area (TPSA) is 49.3 Å². The molecule has 0 aliphatic heterocycles. The molecule has 3 nitrogen and oxygen atoms in total. The van der Waals surface area contributed by atoms with Crippen LogP contribution in [0.25, 0.3) is 0 Å². The number of amides is 1. The first-order valence-electron chi connectivity index (χ1n) is 5.54. The molecule has 0 bridgehead atoms. The van der Waals surface area contributed by atoms with E-state index in [0.717, 1.165) is 25.7 Å². The highest BCUT2D eigenvalue weighted by Crippen LogP contribution is 2.27. The predicted octanol–water partition coefficient (Wildman–Crippen LogP) is 1.45. The fourth-order valence-corrected chi connectivity index (χ4v) is 1.84. The highest BCUT2D eigenvalue weighted by Gasteiger charge is 2.29. The first kappa shape index (κ1) is 11.5. The van der Waals surface area contributed by atoms with Crippen molar-refractivity contribution in [2.24, 2.45) is 5.92 Å². The quantitative estimate of drug-likeness (QED) is 0.723. The van der Waals surface area contributed by atoms with Crippen LogP contribution >= 0.6 is 0 Å². The Morgan fingerprint density at radius 3 is 2.43 bits per heavy atom. The van der Waals surface area contributed by atoms with Crippen LogP contribution in [0.1, 0.15) is 46.0 Å². The third-order valence-corrected chi connectivity index (χ3v) is 2.90. The summed E-state index contributed by atoms with van der Waals surface area (Å²) >= 11 is 0. The molecule has 1 fully saturated rings. The summed E-state index contributed by atoms with van der Waals surface area (Å²) in [4.78, 5) is 11.3. The van der Waals surface area contributed by atoms with Gasteiger partial charge >= 0.3 is 0 Å². The second-order valence-electron chi connectivity index (χ2n) is 4.66. The van der Waals surface area contributed by atoms with Crippen LogP contribution in [0.4, 0.5) is 0 Å². The smallest absolute Gasteiger partial charge is 0.222 e. The molecule has 82 valence electrons. The summed E-state index contributed by atoms with van der Waals surface area (Å²) in [6.07, 6.45) is 5.01. The molecule has 1 amide bonds. The fourth-order valence-electron chi connectivity index (χ4n) is 1.84. The van der Waals surface area contributed by atoms with Crippen LogP contribution in [-0.2, 0) is 4.79 Å². The minimum Gasteiger partial charge on any atom is -0.388 e. The molecule has 2 N–H and O–H groups in total. The molecule has 0 aromatic carbocycles. The maximum absolute atomic E-state index is 11.3. The molecule has 1 rings (SSSR count). The number of carbonyl (C=O) groups excluding carboxylic acids is 1. The highest BCUT2D eigenvalue weighted by molar-refractivity contribution is 5.77. The van der Waals surface area contributed by atoms with Crippen molar-refractivity contribution >= 4 is 5.91 Å². The molecule has 0 aromatic heterocycles. The average Bonchev–Trinajstić information content (AvgIpc) is 2.15. The molecule has 0 saturated heterocycles. The monoisotopic (exact) mass is 199 g/mol. The molecule has 0 radical (unpaired) electrons. The van der Waals surface area contributed by atoms with Gasteiger partial charge in [-0.2, -0.15) is 0 Å². The molecule has 0 unspecified atom stereocenters. The van der Waals surface area contributed by atoms with Crippen molar-refractivity contribution in [3.05, 3.63) is 0 Å². The fraction of sp³-hybridized carbons (Fsp3) is 0.909. The Morgan fingerprint density at radius 1 is 1.36 bits per heavy atom. The van der Waals surface area contributed by atoms with Gasteiger partial charge in [-0.25, -0.2) is 0 Å². The largest absolute Gasteiger partial charge is 0.388 e.